The van der Waals surface area contributed by atoms with E-state index in [4.69, 9.17) is 16.3 Å². The molecule has 5 rings (SSSR count). The topological polar surface area (TPSA) is 101 Å². The number of nitrogens with one attached hydrogen (secondary N) is 1. The van der Waals surface area contributed by atoms with Crippen LogP contribution in [0.15, 0.2) is 12.3 Å². The molecule has 0 aliphatic carbocycles. The summed E-state index contributed by atoms with van der Waals surface area (Å²) in [5.41, 5.74) is 2.60. The number of aromatic nitrogens is 8. The first-order valence-electron chi connectivity index (χ1n) is 8.94. The number of hydrogen-bond acceptors (Lipinski definition) is 7. The number of hydrogen-bond donors (Lipinski definition) is 1. The summed E-state index contributed by atoms with van der Waals surface area (Å²) in [7, 11) is 1.83. The Bertz CT molecular complexity index is 1240. The molecule has 150 valence electrons. The van der Waals surface area contributed by atoms with Crippen LogP contribution in [-0.4, -0.2) is 52.1 Å². The molecular formula is C17H17ClFN9O. The lowest BCUT2D eigenvalue weighted by atomic mass is 10.3. The van der Waals surface area contributed by atoms with Gasteiger partial charge in [-0.3, -0.25) is 4.68 Å². The Morgan fingerprint density at radius 2 is 2.10 bits per heavy atom. The summed E-state index contributed by atoms with van der Waals surface area (Å²) in [4.78, 5) is 8.78. The molecule has 0 fully saturated rings. The minimum absolute atomic E-state index is 0.0460. The van der Waals surface area contributed by atoms with Gasteiger partial charge in [0.05, 0.1) is 23.3 Å². The Balaban J connectivity index is 1.66. The van der Waals surface area contributed by atoms with Crippen LogP contribution in [0, 0.1) is 13.8 Å². The zero-order chi connectivity index (χ0) is 20.3. The summed E-state index contributed by atoms with van der Waals surface area (Å²) in [6, 6.07) is 1.90. The first-order valence-corrected chi connectivity index (χ1v) is 9.32. The first-order chi connectivity index (χ1) is 13.9. The molecule has 0 aromatic carbocycles. The van der Waals surface area contributed by atoms with Crippen LogP contribution in [0.4, 0.5) is 16.0 Å². The van der Waals surface area contributed by atoms with Gasteiger partial charge in [0, 0.05) is 19.3 Å². The molecule has 4 aromatic rings. The Kier molecular flexibility index (Phi) is 3.95. The molecule has 12 heteroatoms. The molecule has 29 heavy (non-hydrogen) atoms. The van der Waals surface area contributed by atoms with Gasteiger partial charge in [0.1, 0.15) is 12.3 Å². The molecule has 1 aliphatic rings. The van der Waals surface area contributed by atoms with E-state index in [0.717, 1.165) is 17.2 Å². The van der Waals surface area contributed by atoms with Crippen molar-refractivity contribution in [3.8, 4) is 11.7 Å². The molecule has 0 unspecified atom stereocenters. The van der Waals surface area contributed by atoms with Crippen molar-refractivity contribution in [3.63, 3.8) is 0 Å². The highest BCUT2D eigenvalue weighted by atomic mass is 35.5. The summed E-state index contributed by atoms with van der Waals surface area (Å²) in [6.07, 6.45) is 0.231. The minimum Gasteiger partial charge on any atom is -0.472 e. The van der Waals surface area contributed by atoms with Gasteiger partial charge in [-0.05, 0) is 13.8 Å². The molecule has 0 spiro atoms. The minimum atomic E-state index is -1.33. The van der Waals surface area contributed by atoms with E-state index in [1.807, 2.05) is 27.0 Å². The molecule has 10 nitrogen and oxygen atoms in total. The predicted octanol–water partition coefficient (Wildman–Crippen LogP) is 2.49. The monoisotopic (exact) mass is 417 g/mol. The van der Waals surface area contributed by atoms with Crippen molar-refractivity contribution in [2.75, 3.05) is 11.9 Å². The van der Waals surface area contributed by atoms with Gasteiger partial charge in [-0.1, -0.05) is 11.6 Å². The van der Waals surface area contributed by atoms with Gasteiger partial charge in [0.2, 0.25) is 5.95 Å². The van der Waals surface area contributed by atoms with Crippen molar-refractivity contribution >= 4 is 34.3 Å². The van der Waals surface area contributed by atoms with Crippen LogP contribution < -0.4 is 10.1 Å². The zero-order valence-electron chi connectivity index (χ0n) is 15.9. The van der Waals surface area contributed by atoms with E-state index in [9.17, 15) is 4.39 Å². The smallest absolute Gasteiger partial charge is 0.257 e. The lowest BCUT2D eigenvalue weighted by molar-refractivity contribution is 0.171. The fourth-order valence-corrected chi connectivity index (χ4v) is 3.60. The molecule has 2 bridgehead atoms. The molecule has 1 aliphatic heterocycles. The van der Waals surface area contributed by atoms with Crippen molar-refractivity contribution in [2.24, 2.45) is 7.05 Å². The molecule has 0 saturated carbocycles. The average Bonchev–Trinajstić information content (AvgIpc) is 3.27. The quantitative estimate of drug-likeness (QED) is 0.507. The van der Waals surface area contributed by atoms with Crippen molar-refractivity contribution in [2.45, 2.75) is 26.6 Å². The van der Waals surface area contributed by atoms with Crippen LogP contribution in [0.25, 0.3) is 16.9 Å². The third kappa shape index (κ3) is 2.89. The molecule has 0 saturated heterocycles. The fraction of sp³-hybridized carbons (Fsp3) is 0.353. The van der Waals surface area contributed by atoms with Crippen LogP contribution in [-0.2, 0) is 13.6 Å². The van der Waals surface area contributed by atoms with Gasteiger partial charge < -0.3 is 10.1 Å². The van der Waals surface area contributed by atoms with Crippen molar-refractivity contribution in [1.82, 2.24) is 39.3 Å². The van der Waals surface area contributed by atoms with Crippen molar-refractivity contribution in [3.05, 3.63) is 28.8 Å². The van der Waals surface area contributed by atoms with Gasteiger partial charge in [-0.15, -0.1) is 5.10 Å². The average molecular weight is 418 g/mol. The lowest BCUT2D eigenvalue weighted by Gasteiger charge is -2.09. The highest BCUT2D eigenvalue weighted by Crippen LogP contribution is 2.33. The third-order valence-electron chi connectivity index (χ3n) is 4.73. The summed E-state index contributed by atoms with van der Waals surface area (Å²) < 4.78 is 25.2. The third-order valence-corrected chi connectivity index (χ3v) is 5.01. The van der Waals surface area contributed by atoms with E-state index in [1.54, 1.807) is 15.6 Å². The number of anilines is 2. The molecule has 5 heterocycles. The molecule has 1 N–H and O–H groups in total. The highest BCUT2D eigenvalue weighted by molar-refractivity contribution is 6.34. The van der Waals surface area contributed by atoms with Crippen LogP contribution >= 0.6 is 11.6 Å². The Labute approximate surface area is 169 Å². The Morgan fingerprint density at radius 3 is 2.86 bits per heavy atom. The Morgan fingerprint density at radius 1 is 1.28 bits per heavy atom. The number of rotatable bonds is 1. The molecule has 0 radical (unpaired) electrons. The molecular weight excluding hydrogens is 401 g/mol. The summed E-state index contributed by atoms with van der Waals surface area (Å²) in [6.45, 7) is 3.53. The van der Waals surface area contributed by atoms with E-state index >= 15 is 0 Å². The van der Waals surface area contributed by atoms with Gasteiger partial charge in [0.15, 0.2) is 22.8 Å². The normalized spacial score (nSPS) is 16.4. The van der Waals surface area contributed by atoms with E-state index in [-0.39, 0.29) is 24.2 Å². The van der Waals surface area contributed by atoms with Gasteiger partial charge in [0.25, 0.3) is 5.88 Å². The van der Waals surface area contributed by atoms with Gasteiger partial charge in [-0.2, -0.15) is 15.2 Å². The van der Waals surface area contributed by atoms with E-state index < -0.39 is 6.17 Å². The maximum atomic E-state index is 14.6. The van der Waals surface area contributed by atoms with E-state index in [2.05, 4.69) is 30.6 Å². The summed E-state index contributed by atoms with van der Waals surface area (Å²) >= 11 is 6.13. The molecule has 0 amide bonds. The fourth-order valence-electron chi connectivity index (χ4n) is 3.37. The lowest BCUT2D eigenvalue weighted by Crippen LogP contribution is -2.20. The van der Waals surface area contributed by atoms with Crippen LogP contribution in [0.3, 0.4) is 0 Å². The van der Waals surface area contributed by atoms with Gasteiger partial charge in [-0.25, -0.2) is 18.7 Å². The van der Waals surface area contributed by atoms with Crippen LogP contribution in [0.1, 0.15) is 11.4 Å². The number of halogens is 2. The van der Waals surface area contributed by atoms with Crippen molar-refractivity contribution < 1.29 is 9.13 Å². The number of ether oxygens (including phenoxy) is 1. The summed E-state index contributed by atoms with van der Waals surface area (Å²) in [5.74, 6) is 1.31. The second kappa shape index (κ2) is 6.41. The van der Waals surface area contributed by atoms with E-state index in [1.165, 1.54) is 4.68 Å². The summed E-state index contributed by atoms with van der Waals surface area (Å²) in [5, 5.41) is 17.0. The molecule has 4 aromatic heterocycles. The first kappa shape index (κ1) is 17.9. The number of aryl methyl sites for hydroxylation is 2. The second-order valence-corrected chi connectivity index (χ2v) is 7.24. The number of alkyl halides is 1. The maximum Gasteiger partial charge on any atom is 0.257 e. The second-order valence-electron chi connectivity index (χ2n) is 6.88. The zero-order valence-corrected chi connectivity index (χ0v) is 16.6. The standard InChI is InChI=1S/C17H17ClFN9O/c1-8-4-12(26(3)23-8)28-9(2)13-16(25-28)29-7-10(19)6-27-15-11(14(18)24-27)5-20-17(21-13)22-15/h4-5,10H,6-7H2,1-3H3,(H,20,21,22)/t10-/m1/s1. The number of fused-ring (bicyclic) bond motifs is 2. The van der Waals surface area contributed by atoms with E-state index in [0.29, 0.717) is 22.7 Å². The Hall–Kier alpha value is -3.21. The number of nitrogens with zero attached hydrogens (tertiary/aromatic N) is 8. The molecule has 1 atom stereocenters. The van der Waals surface area contributed by atoms with Crippen LogP contribution in [0.2, 0.25) is 5.15 Å². The SMILES string of the molecule is Cc1cc(-n2nc3c(c2C)Nc2ncc4c(Cl)nn(c4n2)C[C@@H](F)CO3)n(C)n1. The van der Waals surface area contributed by atoms with Gasteiger partial charge >= 0.3 is 0 Å². The van der Waals surface area contributed by atoms with Crippen molar-refractivity contribution in [1.29, 1.82) is 0 Å². The highest BCUT2D eigenvalue weighted by Gasteiger charge is 2.24. The van der Waals surface area contributed by atoms with Crippen LogP contribution in [0.5, 0.6) is 5.88 Å². The largest absolute Gasteiger partial charge is 0.472 e. The maximum absolute atomic E-state index is 14.6. The predicted molar refractivity (Wildman–Crippen MR) is 104 cm³/mol.